The van der Waals surface area contributed by atoms with Crippen LogP contribution in [0, 0.1) is 6.92 Å². The first-order valence-electron chi connectivity index (χ1n) is 8.93. The van der Waals surface area contributed by atoms with Gasteiger partial charge in [0, 0.05) is 5.56 Å². The molecular formula is C20H20ClN3O3S2. The first kappa shape index (κ1) is 21.3. The summed E-state index contributed by atoms with van der Waals surface area (Å²) in [7, 11) is -3.43. The van der Waals surface area contributed by atoms with Gasteiger partial charge >= 0.3 is 6.03 Å². The predicted octanol–water partition coefficient (Wildman–Crippen LogP) is 5.60. The van der Waals surface area contributed by atoms with Gasteiger partial charge in [-0.05, 0) is 31.0 Å². The van der Waals surface area contributed by atoms with E-state index in [9.17, 15) is 13.2 Å². The number of nitrogens with one attached hydrogen (secondary N) is 2. The smallest absolute Gasteiger partial charge is 0.307 e. The molecule has 2 amide bonds. The Morgan fingerprint density at radius 2 is 1.86 bits per heavy atom. The number of amides is 2. The third-order valence-corrected chi connectivity index (χ3v) is 7.40. The van der Waals surface area contributed by atoms with Crippen molar-refractivity contribution in [1.29, 1.82) is 0 Å². The molecule has 0 aliphatic carbocycles. The van der Waals surface area contributed by atoms with Crippen LogP contribution < -0.4 is 10.6 Å². The molecule has 0 aliphatic rings. The van der Waals surface area contributed by atoms with Crippen LogP contribution in [0.5, 0.6) is 0 Å². The van der Waals surface area contributed by atoms with Crippen LogP contribution in [-0.2, 0) is 9.84 Å². The summed E-state index contributed by atoms with van der Waals surface area (Å²) in [5.41, 5.74) is 2.59. The number of halogens is 1. The standard InChI is InChI=1S/C20H20ClN3O3S2/c1-3-11-29(26,27)15-9-10-16(14-7-5-4-6-8-14)17(12-15)23-19(25)24-20-22-13(2)18(21)28-20/h4-10,12H,3,11H2,1-2H3,(H2,22,23,24,25). The molecule has 152 valence electrons. The summed E-state index contributed by atoms with van der Waals surface area (Å²) in [5, 5.41) is 5.75. The molecule has 0 bridgehead atoms. The fourth-order valence-corrected chi connectivity index (χ4v) is 5.06. The maximum Gasteiger partial charge on any atom is 0.325 e. The van der Waals surface area contributed by atoms with Gasteiger partial charge in [0.15, 0.2) is 15.0 Å². The van der Waals surface area contributed by atoms with Crippen LogP contribution >= 0.6 is 22.9 Å². The summed E-state index contributed by atoms with van der Waals surface area (Å²) in [6.45, 7) is 3.56. The molecule has 1 aromatic heterocycles. The number of nitrogens with zero attached hydrogens (tertiary/aromatic N) is 1. The van der Waals surface area contributed by atoms with Gasteiger partial charge < -0.3 is 5.32 Å². The van der Waals surface area contributed by atoms with Crippen LogP contribution in [0.2, 0.25) is 4.34 Å². The molecule has 0 saturated heterocycles. The Balaban J connectivity index is 1.95. The molecule has 0 saturated carbocycles. The SMILES string of the molecule is CCCS(=O)(=O)c1ccc(-c2ccccc2)c(NC(=O)Nc2nc(C)c(Cl)s2)c1. The van der Waals surface area contributed by atoms with Crippen molar-refractivity contribution in [3.05, 3.63) is 58.6 Å². The summed E-state index contributed by atoms with van der Waals surface area (Å²) in [4.78, 5) is 16.9. The molecule has 0 radical (unpaired) electrons. The van der Waals surface area contributed by atoms with Crippen molar-refractivity contribution < 1.29 is 13.2 Å². The number of benzene rings is 2. The highest BCUT2D eigenvalue weighted by atomic mass is 35.5. The molecular weight excluding hydrogens is 430 g/mol. The van der Waals surface area contributed by atoms with Crippen LogP contribution in [0.4, 0.5) is 15.6 Å². The van der Waals surface area contributed by atoms with E-state index in [1.165, 1.54) is 6.07 Å². The average molecular weight is 450 g/mol. The highest BCUT2D eigenvalue weighted by Gasteiger charge is 2.18. The van der Waals surface area contributed by atoms with Crippen LogP contribution in [0.1, 0.15) is 19.0 Å². The van der Waals surface area contributed by atoms with Crippen LogP contribution in [0.3, 0.4) is 0 Å². The second-order valence-electron chi connectivity index (χ2n) is 6.35. The molecule has 2 aromatic carbocycles. The van der Waals surface area contributed by atoms with E-state index >= 15 is 0 Å². The Kier molecular flexibility index (Phi) is 6.56. The summed E-state index contributed by atoms with van der Waals surface area (Å²) >= 11 is 7.15. The number of hydrogen-bond donors (Lipinski definition) is 2. The first-order chi connectivity index (χ1) is 13.8. The quantitative estimate of drug-likeness (QED) is 0.512. The number of anilines is 2. The number of aryl methyl sites for hydroxylation is 1. The van der Waals surface area contributed by atoms with E-state index in [0.29, 0.717) is 32.8 Å². The van der Waals surface area contributed by atoms with E-state index in [1.807, 2.05) is 37.3 Å². The number of hydrogen-bond acceptors (Lipinski definition) is 5. The van der Waals surface area contributed by atoms with E-state index in [1.54, 1.807) is 19.1 Å². The Morgan fingerprint density at radius 1 is 1.14 bits per heavy atom. The number of rotatable bonds is 6. The maximum atomic E-state index is 12.5. The third-order valence-electron chi connectivity index (χ3n) is 4.12. The Bertz CT molecular complexity index is 1110. The Labute approximate surface area is 178 Å². The van der Waals surface area contributed by atoms with Gasteiger partial charge in [-0.15, -0.1) is 0 Å². The minimum absolute atomic E-state index is 0.0419. The molecule has 0 spiro atoms. The molecule has 3 aromatic rings. The zero-order valence-electron chi connectivity index (χ0n) is 15.9. The fourth-order valence-electron chi connectivity index (χ4n) is 2.76. The van der Waals surface area contributed by atoms with Crippen molar-refractivity contribution in [1.82, 2.24) is 4.98 Å². The van der Waals surface area contributed by atoms with Crippen molar-refractivity contribution in [3.63, 3.8) is 0 Å². The zero-order valence-corrected chi connectivity index (χ0v) is 18.3. The van der Waals surface area contributed by atoms with Crippen molar-refractivity contribution in [2.45, 2.75) is 25.2 Å². The van der Waals surface area contributed by atoms with Crippen molar-refractivity contribution in [2.75, 3.05) is 16.4 Å². The lowest BCUT2D eigenvalue weighted by Crippen LogP contribution is -2.20. The third kappa shape index (κ3) is 5.14. The lowest BCUT2D eigenvalue weighted by atomic mass is 10.0. The van der Waals surface area contributed by atoms with Crippen molar-refractivity contribution in [2.24, 2.45) is 0 Å². The summed E-state index contributed by atoms with van der Waals surface area (Å²) < 4.78 is 25.5. The van der Waals surface area contributed by atoms with Gasteiger partial charge in [-0.2, -0.15) is 0 Å². The maximum absolute atomic E-state index is 12.5. The molecule has 0 atom stereocenters. The summed E-state index contributed by atoms with van der Waals surface area (Å²) in [6, 6.07) is 13.7. The number of aromatic nitrogens is 1. The second kappa shape index (κ2) is 8.94. The molecule has 1 heterocycles. The van der Waals surface area contributed by atoms with Gasteiger partial charge in [0.05, 0.1) is 22.0 Å². The van der Waals surface area contributed by atoms with Gasteiger partial charge in [0.1, 0.15) is 4.34 Å². The van der Waals surface area contributed by atoms with E-state index in [0.717, 1.165) is 16.9 Å². The minimum Gasteiger partial charge on any atom is -0.307 e. The lowest BCUT2D eigenvalue weighted by molar-refractivity contribution is 0.262. The largest absolute Gasteiger partial charge is 0.325 e. The normalized spacial score (nSPS) is 11.3. The van der Waals surface area contributed by atoms with Gasteiger partial charge in [0.2, 0.25) is 0 Å². The molecule has 3 rings (SSSR count). The van der Waals surface area contributed by atoms with E-state index < -0.39 is 15.9 Å². The van der Waals surface area contributed by atoms with Gasteiger partial charge in [0.25, 0.3) is 0 Å². The first-order valence-corrected chi connectivity index (χ1v) is 11.8. The highest BCUT2D eigenvalue weighted by molar-refractivity contribution is 7.91. The molecule has 29 heavy (non-hydrogen) atoms. The topological polar surface area (TPSA) is 88.2 Å². The number of carbonyl (C=O) groups excluding carboxylic acids is 1. The van der Waals surface area contributed by atoms with E-state index in [4.69, 9.17) is 11.6 Å². The van der Waals surface area contributed by atoms with Crippen molar-refractivity contribution in [3.8, 4) is 11.1 Å². The Hall–Kier alpha value is -2.42. The number of sulfone groups is 1. The fraction of sp³-hybridized carbons (Fsp3) is 0.200. The molecule has 0 fully saturated rings. The number of urea groups is 1. The highest BCUT2D eigenvalue weighted by Crippen LogP contribution is 2.32. The van der Waals surface area contributed by atoms with Crippen LogP contribution in [-0.4, -0.2) is 25.2 Å². The zero-order chi connectivity index (χ0) is 21.0. The van der Waals surface area contributed by atoms with Crippen molar-refractivity contribution >= 4 is 49.6 Å². The van der Waals surface area contributed by atoms with E-state index in [-0.39, 0.29) is 10.6 Å². The van der Waals surface area contributed by atoms with Gasteiger partial charge in [-0.3, -0.25) is 5.32 Å². The summed E-state index contributed by atoms with van der Waals surface area (Å²) in [5.74, 6) is 0.0419. The van der Waals surface area contributed by atoms with Crippen LogP contribution in [0.15, 0.2) is 53.4 Å². The average Bonchev–Trinajstić information content (AvgIpc) is 2.99. The summed E-state index contributed by atoms with van der Waals surface area (Å²) in [6.07, 6.45) is 0.510. The molecule has 9 heteroatoms. The van der Waals surface area contributed by atoms with Crippen LogP contribution in [0.25, 0.3) is 11.1 Å². The number of thiazole rings is 1. The van der Waals surface area contributed by atoms with Gasteiger partial charge in [-0.25, -0.2) is 18.2 Å². The predicted molar refractivity (Wildman–Crippen MR) is 119 cm³/mol. The molecule has 6 nitrogen and oxygen atoms in total. The molecule has 0 unspecified atom stereocenters. The second-order valence-corrected chi connectivity index (χ2v) is 10.1. The monoisotopic (exact) mass is 449 g/mol. The molecule has 0 aliphatic heterocycles. The minimum atomic E-state index is -3.43. The van der Waals surface area contributed by atoms with E-state index in [2.05, 4.69) is 15.6 Å². The van der Waals surface area contributed by atoms with Gasteiger partial charge in [-0.1, -0.05) is 66.3 Å². The number of carbonyl (C=O) groups is 1. The lowest BCUT2D eigenvalue weighted by Gasteiger charge is -2.14. The molecule has 2 N–H and O–H groups in total. The Morgan fingerprint density at radius 3 is 2.48 bits per heavy atom.